The normalized spacial score (nSPS) is 10.5. The van der Waals surface area contributed by atoms with Gasteiger partial charge in [-0.2, -0.15) is 0 Å². The van der Waals surface area contributed by atoms with E-state index in [-0.39, 0.29) is 76.4 Å². The zero-order chi connectivity index (χ0) is 29.0. The van der Waals surface area contributed by atoms with Crippen molar-refractivity contribution in [2.45, 2.75) is 26.7 Å². The van der Waals surface area contributed by atoms with Crippen LogP contribution in [0.4, 0.5) is 0 Å². The van der Waals surface area contributed by atoms with Gasteiger partial charge in [0.05, 0.1) is 39.3 Å². The van der Waals surface area contributed by atoms with Crippen LogP contribution in [0, 0.1) is 0 Å². The molecule has 0 rings (SSSR count). The van der Waals surface area contributed by atoms with E-state index in [4.69, 9.17) is 38.6 Å². The summed E-state index contributed by atoms with van der Waals surface area (Å²) in [6.45, 7) is 7.05. The molecule has 0 fully saturated rings. The van der Waals surface area contributed by atoms with Crippen molar-refractivity contribution in [1.29, 1.82) is 0 Å². The first-order valence-corrected chi connectivity index (χ1v) is 12.4. The Hall–Kier alpha value is -2.36. The molecule has 38 heavy (non-hydrogen) atoms. The van der Waals surface area contributed by atoms with E-state index in [0.717, 1.165) is 0 Å². The summed E-state index contributed by atoms with van der Waals surface area (Å²) >= 11 is 0. The van der Waals surface area contributed by atoms with Crippen LogP contribution in [-0.4, -0.2) is 150 Å². The Balaban J connectivity index is 0. The lowest BCUT2D eigenvalue weighted by molar-refractivity contribution is -0.146. The van der Waals surface area contributed by atoms with Crippen LogP contribution in [0.5, 0.6) is 0 Å². The number of carbonyl (C=O) groups is 4. The molecule has 0 heterocycles. The van der Waals surface area contributed by atoms with E-state index in [9.17, 15) is 19.2 Å². The second-order valence-corrected chi connectivity index (χ2v) is 7.74. The highest BCUT2D eigenvalue weighted by Crippen LogP contribution is 1.97. The summed E-state index contributed by atoms with van der Waals surface area (Å²) in [5.41, 5.74) is 0. The molecule has 0 radical (unpaired) electrons. The van der Waals surface area contributed by atoms with E-state index >= 15 is 0 Å². The van der Waals surface area contributed by atoms with Crippen LogP contribution in [0.25, 0.3) is 0 Å². The van der Waals surface area contributed by atoms with Crippen molar-refractivity contribution in [2.24, 2.45) is 0 Å². The third-order valence-electron chi connectivity index (χ3n) is 4.62. The topological polar surface area (TPSA) is 171 Å². The SMILES string of the molecule is COCCOC(=O)CCN(CCO)CCO.COCCOC(=O)CCN(CCOC(C)=O)CCOC(C)=O. The maximum Gasteiger partial charge on any atom is 0.307 e. The summed E-state index contributed by atoms with van der Waals surface area (Å²) in [6, 6.07) is 0. The fourth-order valence-corrected chi connectivity index (χ4v) is 2.71. The molecule has 0 aliphatic carbocycles. The quantitative estimate of drug-likeness (QED) is 0.0933. The molecule has 0 aliphatic rings. The Labute approximate surface area is 225 Å². The van der Waals surface area contributed by atoms with Crippen molar-refractivity contribution in [3.8, 4) is 0 Å². The van der Waals surface area contributed by atoms with Gasteiger partial charge in [-0.15, -0.1) is 0 Å². The monoisotopic (exact) mass is 554 g/mol. The molecule has 0 bridgehead atoms. The Morgan fingerprint density at radius 3 is 1.21 bits per heavy atom. The van der Waals surface area contributed by atoms with Gasteiger partial charge in [-0.05, 0) is 0 Å². The molecule has 0 aromatic carbocycles. The second-order valence-electron chi connectivity index (χ2n) is 7.74. The molecular formula is C24H46N2O12. The summed E-state index contributed by atoms with van der Waals surface area (Å²) in [7, 11) is 3.07. The van der Waals surface area contributed by atoms with Gasteiger partial charge in [-0.1, -0.05) is 0 Å². The van der Waals surface area contributed by atoms with Crippen molar-refractivity contribution >= 4 is 23.9 Å². The number of esters is 4. The van der Waals surface area contributed by atoms with Crippen molar-refractivity contribution in [2.75, 3.05) is 106 Å². The summed E-state index contributed by atoms with van der Waals surface area (Å²) in [6.07, 6.45) is 0.452. The van der Waals surface area contributed by atoms with Gasteiger partial charge in [0, 0.05) is 67.3 Å². The zero-order valence-corrected chi connectivity index (χ0v) is 23.2. The largest absolute Gasteiger partial charge is 0.465 e. The molecule has 0 atom stereocenters. The minimum atomic E-state index is -0.362. The molecule has 0 amide bonds. The number of aliphatic hydroxyl groups excluding tert-OH is 2. The van der Waals surface area contributed by atoms with E-state index in [0.29, 0.717) is 52.5 Å². The van der Waals surface area contributed by atoms with Crippen LogP contribution in [0.15, 0.2) is 0 Å². The van der Waals surface area contributed by atoms with Gasteiger partial charge in [-0.3, -0.25) is 29.0 Å². The predicted octanol–water partition coefficient (Wildman–Crippen LogP) is -1.15. The predicted molar refractivity (Wildman–Crippen MR) is 135 cm³/mol. The Bertz CT molecular complexity index is 595. The zero-order valence-electron chi connectivity index (χ0n) is 23.2. The van der Waals surface area contributed by atoms with Gasteiger partial charge in [-0.25, -0.2) is 0 Å². The van der Waals surface area contributed by atoms with E-state index < -0.39 is 0 Å². The third kappa shape index (κ3) is 28.2. The minimum Gasteiger partial charge on any atom is -0.465 e. The van der Waals surface area contributed by atoms with Crippen molar-refractivity contribution in [3.05, 3.63) is 0 Å². The molecule has 14 heteroatoms. The molecule has 0 spiro atoms. The molecule has 2 N–H and O–H groups in total. The number of hydrogen-bond acceptors (Lipinski definition) is 14. The summed E-state index contributed by atoms with van der Waals surface area (Å²) in [5.74, 6) is -1.35. The Kier molecular flexibility index (Phi) is 27.5. The first-order chi connectivity index (χ1) is 18.2. The van der Waals surface area contributed by atoms with Gasteiger partial charge in [0.1, 0.15) is 26.4 Å². The smallest absolute Gasteiger partial charge is 0.307 e. The second kappa shape index (κ2) is 27.7. The van der Waals surface area contributed by atoms with Crippen LogP contribution in [0.3, 0.4) is 0 Å². The highest BCUT2D eigenvalue weighted by molar-refractivity contribution is 5.70. The van der Waals surface area contributed by atoms with Crippen molar-refractivity contribution in [3.63, 3.8) is 0 Å². The van der Waals surface area contributed by atoms with Crippen LogP contribution >= 0.6 is 0 Å². The number of methoxy groups -OCH3 is 2. The average Bonchev–Trinajstić information content (AvgIpc) is 2.86. The van der Waals surface area contributed by atoms with Crippen molar-refractivity contribution < 1.29 is 57.8 Å². The number of rotatable bonds is 22. The first-order valence-electron chi connectivity index (χ1n) is 12.4. The number of nitrogens with zero attached hydrogens (tertiary/aromatic N) is 2. The van der Waals surface area contributed by atoms with Crippen LogP contribution < -0.4 is 0 Å². The number of ether oxygens (including phenoxy) is 6. The van der Waals surface area contributed by atoms with Crippen LogP contribution in [0.1, 0.15) is 26.7 Å². The molecule has 0 saturated carbocycles. The lowest BCUT2D eigenvalue weighted by Crippen LogP contribution is -2.34. The van der Waals surface area contributed by atoms with E-state index in [2.05, 4.69) is 0 Å². The minimum absolute atomic E-state index is 0.0126. The van der Waals surface area contributed by atoms with Crippen LogP contribution in [-0.2, 0) is 47.6 Å². The molecule has 0 saturated heterocycles. The fraction of sp³-hybridized carbons (Fsp3) is 0.833. The Morgan fingerprint density at radius 1 is 0.526 bits per heavy atom. The molecule has 0 aromatic rings. The molecule has 0 aromatic heterocycles. The number of aliphatic hydroxyl groups is 2. The van der Waals surface area contributed by atoms with Gasteiger partial charge < -0.3 is 38.6 Å². The summed E-state index contributed by atoms with van der Waals surface area (Å²) in [4.78, 5) is 47.9. The molecular weight excluding hydrogens is 508 g/mol. The maximum absolute atomic E-state index is 11.5. The first kappa shape index (κ1) is 37.8. The van der Waals surface area contributed by atoms with Gasteiger partial charge >= 0.3 is 23.9 Å². The molecule has 224 valence electrons. The van der Waals surface area contributed by atoms with Gasteiger partial charge in [0.25, 0.3) is 0 Å². The third-order valence-corrected chi connectivity index (χ3v) is 4.62. The van der Waals surface area contributed by atoms with E-state index in [1.54, 1.807) is 4.90 Å². The lowest BCUT2D eigenvalue weighted by atomic mass is 10.3. The molecule has 14 nitrogen and oxygen atoms in total. The van der Waals surface area contributed by atoms with Gasteiger partial charge in [0.2, 0.25) is 0 Å². The highest BCUT2D eigenvalue weighted by atomic mass is 16.6. The van der Waals surface area contributed by atoms with E-state index in [1.165, 1.54) is 28.1 Å². The van der Waals surface area contributed by atoms with E-state index in [1.807, 2.05) is 4.90 Å². The van der Waals surface area contributed by atoms with Crippen molar-refractivity contribution in [1.82, 2.24) is 9.80 Å². The summed E-state index contributed by atoms with van der Waals surface area (Å²) < 4.78 is 29.1. The average molecular weight is 555 g/mol. The van der Waals surface area contributed by atoms with Crippen LogP contribution in [0.2, 0.25) is 0 Å². The highest BCUT2D eigenvalue weighted by Gasteiger charge is 2.11. The standard InChI is InChI=1S/C14H25NO7.C10H21NO5/c1-12(16)20-8-6-15(7-9-21-13(2)17)5-4-14(18)22-11-10-19-3;1-15-8-9-16-10(14)2-3-11(4-6-12)5-7-13/h4-11H2,1-3H3;12-13H,2-9H2,1H3. The Morgan fingerprint density at radius 2 is 0.895 bits per heavy atom. The van der Waals surface area contributed by atoms with Gasteiger partial charge in [0.15, 0.2) is 0 Å². The fourth-order valence-electron chi connectivity index (χ4n) is 2.71. The number of hydrogen-bond donors (Lipinski definition) is 2. The summed E-state index contributed by atoms with van der Waals surface area (Å²) in [5, 5.41) is 17.5. The molecule has 0 unspecified atom stereocenters. The lowest BCUT2D eigenvalue weighted by Gasteiger charge is -2.21. The maximum atomic E-state index is 11.5. The molecule has 0 aliphatic heterocycles. The number of carbonyl (C=O) groups excluding carboxylic acids is 4.